The fourth-order valence-electron chi connectivity index (χ4n) is 3.91. The molecule has 10 heteroatoms. The van der Waals surface area contributed by atoms with Crippen LogP contribution in [0.15, 0.2) is 36.9 Å². The van der Waals surface area contributed by atoms with Crippen molar-refractivity contribution in [1.29, 1.82) is 0 Å². The van der Waals surface area contributed by atoms with E-state index in [4.69, 9.17) is 5.73 Å². The van der Waals surface area contributed by atoms with Crippen molar-refractivity contribution in [2.24, 2.45) is 18.7 Å². The van der Waals surface area contributed by atoms with Crippen LogP contribution in [0.3, 0.4) is 0 Å². The maximum absolute atomic E-state index is 13.1. The number of rotatable bonds is 3. The number of piperidine rings is 1. The number of hydrogen-bond acceptors (Lipinski definition) is 6. The van der Waals surface area contributed by atoms with Crippen LogP contribution >= 0.6 is 0 Å². The van der Waals surface area contributed by atoms with Crippen LogP contribution in [0.4, 0.5) is 5.69 Å². The van der Waals surface area contributed by atoms with E-state index in [2.05, 4.69) is 27.3 Å². The number of primary amides is 1. The van der Waals surface area contributed by atoms with Crippen molar-refractivity contribution in [1.82, 2.24) is 24.6 Å². The van der Waals surface area contributed by atoms with E-state index in [0.29, 0.717) is 6.54 Å². The van der Waals surface area contributed by atoms with Crippen molar-refractivity contribution in [2.75, 3.05) is 11.9 Å². The van der Waals surface area contributed by atoms with Gasteiger partial charge in [-0.2, -0.15) is 5.10 Å². The Balaban J connectivity index is 1.58. The van der Waals surface area contributed by atoms with Gasteiger partial charge in [0.2, 0.25) is 5.91 Å². The Kier molecular flexibility index (Phi) is 5.37. The number of aryl methyl sites for hydroxylation is 1. The van der Waals surface area contributed by atoms with Gasteiger partial charge >= 0.3 is 11.8 Å². The quantitative estimate of drug-likeness (QED) is 0.614. The normalized spacial score (nSPS) is 18.7. The maximum Gasteiger partial charge on any atom is 0.313 e. The van der Waals surface area contributed by atoms with Crippen LogP contribution in [0.2, 0.25) is 0 Å². The number of pyridine rings is 2. The average molecular weight is 421 g/mol. The largest absolute Gasteiger partial charge is 0.366 e. The van der Waals surface area contributed by atoms with Gasteiger partial charge in [-0.25, -0.2) is 0 Å². The highest BCUT2D eigenvalue weighted by atomic mass is 16.2. The van der Waals surface area contributed by atoms with Gasteiger partial charge in [-0.15, -0.1) is 0 Å². The molecule has 3 amide bonds. The number of nitrogens with two attached hydrogens (primary N) is 1. The molecule has 3 N–H and O–H groups in total. The fraction of sp³-hybridized carbons (Fsp3) is 0.333. The van der Waals surface area contributed by atoms with Crippen LogP contribution < -0.4 is 11.1 Å². The molecule has 1 saturated heterocycles. The fourth-order valence-corrected chi connectivity index (χ4v) is 3.91. The lowest BCUT2D eigenvalue weighted by molar-refractivity contribution is -0.146. The molecule has 4 rings (SSSR count). The first-order chi connectivity index (χ1) is 14.8. The molecule has 4 heterocycles. The van der Waals surface area contributed by atoms with E-state index in [1.54, 1.807) is 22.0 Å². The molecule has 0 unspecified atom stereocenters. The van der Waals surface area contributed by atoms with Crippen molar-refractivity contribution in [3.05, 3.63) is 48.0 Å². The number of carbonyl (C=O) groups excluding carboxylic acids is 3. The zero-order valence-corrected chi connectivity index (χ0v) is 17.3. The van der Waals surface area contributed by atoms with Crippen molar-refractivity contribution in [2.45, 2.75) is 25.8 Å². The van der Waals surface area contributed by atoms with Crippen LogP contribution in [0.5, 0.6) is 0 Å². The summed E-state index contributed by atoms with van der Waals surface area (Å²) in [5.41, 5.74) is 8.12. The van der Waals surface area contributed by atoms with Crippen LogP contribution in [-0.2, 0) is 16.6 Å². The van der Waals surface area contributed by atoms with Gasteiger partial charge in [-0.05, 0) is 36.5 Å². The molecular formula is C21H23N7O3. The van der Waals surface area contributed by atoms with Crippen molar-refractivity contribution in [3.63, 3.8) is 0 Å². The SMILES string of the molecule is C[C@H]1CC[C@H](c2cnc3cnn(C)c3c2)N(C(=O)C(=O)Nc2cncc(C(N)=O)c2)C1. The van der Waals surface area contributed by atoms with E-state index in [1.165, 1.54) is 18.5 Å². The van der Waals surface area contributed by atoms with E-state index < -0.39 is 17.7 Å². The summed E-state index contributed by atoms with van der Waals surface area (Å²) in [4.78, 5) is 47.1. The molecule has 31 heavy (non-hydrogen) atoms. The summed E-state index contributed by atoms with van der Waals surface area (Å²) >= 11 is 0. The topological polar surface area (TPSA) is 136 Å². The molecule has 3 aromatic heterocycles. The lowest BCUT2D eigenvalue weighted by Crippen LogP contribution is -2.46. The van der Waals surface area contributed by atoms with Crippen molar-refractivity contribution >= 4 is 34.4 Å². The molecule has 160 valence electrons. The van der Waals surface area contributed by atoms with Gasteiger partial charge in [0.15, 0.2) is 0 Å². The molecule has 10 nitrogen and oxygen atoms in total. The van der Waals surface area contributed by atoms with Gasteiger partial charge in [0.25, 0.3) is 0 Å². The molecule has 0 saturated carbocycles. The Morgan fingerprint density at radius 3 is 2.71 bits per heavy atom. The lowest BCUT2D eigenvalue weighted by atomic mass is 9.90. The molecule has 3 aromatic rings. The summed E-state index contributed by atoms with van der Waals surface area (Å²) in [5, 5.41) is 6.74. The van der Waals surface area contributed by atoms with Crippen molar-refractivity contribution < 1.29 is 14.4 Å². The third kappa shape index (κ3) is 4.09. The molecular weight excluding hydrogens is 398 g/mol. The predicted octanol–water partition coefficient (Wildman–Crippen LogP) is 1.40. The smallest absolute Gasteiger partial charge is 0.313 e. The van der Waals surface area contributed by atoms with Crippen LogP contribution in [-0.4, -0.2) is 48.9 Å². The van der Waals surface area contributed by atoms with E-state index >= 15 is 0 Å². The number of nitrogens with one attached hydrogen (secondary N) is 1. The van der Waals surface area contributed by atoms with Gasteiger partial charge < -0.3 is 16.0 Å². The zero-order chi connectivity index (χ0) is 22.1. The molecule has 1 fully saturated rings. The molecule has 1 aliphatic rings. The molecule has 0 aromatic carbocycles. The highest BCUT2D eigenvalue weighted by Crippen LogP contribution is 2.34. The number of amides is 3. The van der Waals surface area contributed by atoms with E-state index in [-0.39, 0.29) is 23.2 Å². The standard InChI is InChI=1S/C21H23N7O3/c1-12-3-4-17(13-6-18-16(24-8-13)10-25-27(18)2)28(11-12)21(31)20(30)26-15-5-14(19(22)29)7-23-9-15/h5-10,12,17H,3-4,11H2,1-2H3,(H2,22,29)(H,26,30)/t12-,17+/m0/s1. The number of carbonyl (C=O) groups is 3. The minimum atomic E-state index is -0.794. The minimum absolute atomic E-state index is 0.144. The summed E-state index contributed by atoms with van der Waals surface area (Å²) in [5.74, 6) is -1.85. The first kappa shape index (κ1) is 20.5. The number of aromatic nitrogens is 4. The van der Waals surface area contributed by atoms with Gasteiger partial charge in [-0.3, -0.25) is 29.0 Å². The van der Waals surface area contributed by atoms with Gasteiger partial charge in [0, 0.05) is 26.0 Å². The summed E-state index contributed by atoms with van der Waals surface area (Å²) in [6.07, 6.45) is 7.74. The lowest BCUT2D eigenvalue weighted by Gasteiger charge is -2.38. The third-order valence-electron chi connectivity index (χ3n) is 5.56. The number of anilines is 1. The average Bonchev–Trinajstić information content (AvgIpc) is 3.13. The van der Waals surface area contributed by atoms with Crippen LogP contribution in [0.25, 0.3) is 11.0 Å². The molecule has 0 spiro atoms. The van der Waals surface area contributed by atoms with Gasteiger partial charge in [0.05, 0.1) is 35.2 Å². The second-order valence-corrected chi connectivity index (χ2v) is 7.88. The molecule has 1 aliphatic heterocycles. The Morgan fingerprint density at radius 2 is 1.94 bits per heavy atom. The summed E-state index contributed by atoms with van der Waals surface area (Å²) in [6, 6.07) is 3.09. The van der Waals surface area contributed by atoms with E-state index in [0.717, 1.165) is 29.4 Å². The number of hydrogen-bond donors (Lipinski definition) is 2. The Labute approximate surface area is 178 Å². The molecule has 0 radical (unpaired) electrons. The number of fused-ring (bicyclic) bond motifs is 1. The van der Waals surface area contributed by atoms with Gasteiger partial charge in [0.1, 0.15) is 5.52 Å². The second kappa shape index (κ2) is 8.13. The second-order valence-electron chi connectivity index (χ2n) is 7.88. The summed E-state index contributed by atoms with van der Waals surface area (Å²) in [7, 11) is 1.83. The summed E-state index contributed by atoms with van der Waals surface area (Å²) in [6.45, 7) is 2.51. The first-order valence-corrected chi connectivity index (χ1v) is 9.98. The maximum atomic E-state index is 13.1. The Bertz CT molecular complexity index is 1170. The summed E-state index contributed by atoms with van der Waals surface area (Å²) < 4.78 is 1.73. The highest BCUT2D eigenvalue weighted by Gasteiger charge is 2.34. The molecule has 2 atom stereocenters. The monoisotopic (exact) mass is 421 g/mol. The predicted molar refractivity (Wildman–Crippen MR) is 113 cm³/mol. The first-order valence-electron chi connectivity index (χ1n) is 9.98. The van der Waals surface area contributed by atoms with Crippen LogP contribution in [0, 0.1) is 5.92 Å². The van der Waals surface area contributed by atoms with Gasteiger partial charge in [-0.1, -0.05) is 6.92 Å². The van der Waals surface area contributed by atoms with E-state index in [1.807, 2.05) is 13.1 Å². The highest BCUT2D eigenvalue weighted by molar-refractivity contribution is 6.39. The Hall–Kier alpha value is -3.82. The molecule has 0 bridgehead atoms. The van der Waals surface area contributed by atoms with Crippen molar-refractivity contribution in [3.8, 4) is 0 Å². The molecule has 0 aliphatic carbocycles. The Morgan fingerprint density at radius 1 is 1.13 bits per heavy atom. The zero-order valence-electron chi connectivity index (χ0n) is 17.3. The minimum Gasteiger partial charge on any atom is -0.366 e. The number of nitrogens with zero attached hydrogens (tertiary/aromatic N) is 5. The van der Waals surface area contributed by atoms with Crippen LogP contribution in [0.1, 0.15) is 41.7 Å². The third-order valence-corrected chi connectivity index (χ3v) is 5.56. The van der Waals surface area contributed by atoms with E-state index in [9.17, 15) is 14.4 Å². The number of likely N-dealkylation sites (tertiary alicyclic amines) is 1.